The summed E-state index contributed by atoms with van der Waals surface area (Å²) in [5, 5.41) is 0.870. The second-order valence-electron chi connectivity index (χ2n) is 3.67. The van der Waals surface area contributed by atoms with Gasteiger partial charge in [-0.2, -0.15) is 0 Å². The minimum absolute atomic E-state index is 0.259. The summed E-state index contributed by atoms with van der Waals surface area (Å²) in [7, 11) is 0. The van der Waals surface area contributed by atoms with Gasteiger partial charge in [0, 0.05) is 16.9 Å². The van der Waals surface area contributed by atoms with E-state index in [0.29, 0.717) is 11.4 Å². The number of rotatable bonds is 3. The second-order valence-corrected chi connectivity index (χ2v) is 5.48. The Bertz CT molecular complexity index is 563. The van der Waals surface area contributed by atoms with Gasteiger partial charge in [0.05, 0.1) is 10.7 Å². The zero-order chi connectivity index (χ0) is 12.4. The Labute approximate surface area is 108 Å². The summed E-state index contributed by atoms with van der Waals surface area (Å²) < 4.78 is 13.1. The third kappa shape index (κ3) is 2.87. The molecule has 1 aromatic carbocycles. The average Bonchev–Trinajstić information content (AvgIpc) is 2.58. The molecular formula is C12H11FN2S2. The van der Waals surface area contributed by atoms with E-state index in [1.54, 1.807) is 17.4 Å². The van der Waals surface area contributed by atoms with Crippen molar-refractivity contribution in [3.63, 3.8) is 0 Å². The molecule has 0 radical (unpaired) electrons. The molecule has 0 aliphatic carbocycles. The lowest BCUT2D eigenvalue weighted by molar-refractivity contribution is 0.628. The van der Waals surface area contributed by atoms with Gasteiger partial charge in [-0.05, 0) is 19.1 Å². The van der Waals surface area contributed by atoms with Crippen LogP contribution in [0.4, 0.5) is 4.39 Å². The van der Waals surface area contributed by atoms with Gasteiger partial charge in [-0.3, -0.25) is 0 Å². The molecule has 88 valence electrons. The van der Waals surface area contributed by atoms with E-state index in [1.807, 2.05) is 13.0 Å². The molecule has 0 bridgehead atoms. The van der Waals surface area contributed by atoms with Crippen molar-refractivity contribution >= 4 is 28.5 Å². The van der Waals surface area contributed by atoms with E-state index < -0.39 is 0 Å². The first-order chi connectivity index (χ1) is 8.06. The van der Waals surface area contributed by atoms with Crippen LogP contribution in [0.15, 0.2) is 24.3 Å². The molecule has 2 aromatic rings. The largest absolute Gasteiger partial charge is 0.393 e. The zero-order valence-electron chi connectivity index (χ0n) is 9.24. The number of benzene rings is 1. The Kier molecular flexibility index (Phi) is 3.49. The first-order valence-corrected chi connectivity index (χ1v) is 6.29. The third-order valence-corrected chi connectivity index (χ3v) is 3.38. The Morgan fingerprint density at radius 2 is 2.29 bits per heavy atom. The molecule has 0 amide bonds. The number of thiocarbonyl (C=S) groups is 1. The molecule has 2 N–H and O–H groups in total. The van der Waals surface area contributed by atoms with Crippen LogP contribution in [0.5, 0.6) is 0 Å². The van der Waals surface area contributed by atoms with E-state index in [9.17, 15) is 4.39 Å². The van der Waals surface area contributed by atoms with Crippen LogP contribution in [0.1, 0.15) is 9.88 Å². The normalized spacial score (nSPS) is 10.5. The van der Waals surface area contributed by atoms with Crippen LogP contribution in [0.25, 0.3) is 11.3 Å². The van der Waals surface area contributed by atoms with Crippen molar-refractivity contribution in [2.45, 2.75) is 13.3 Å². The minimum atomic E-state index is -0.259. The maximum atomic E-state index is 13.1. The molecule has 2 rings (SSSR count). The van der Waals surface area contributed by atoms with Crippen molar-refractivity contribution in [3.8, 4) is 11.3 Å². The summed E-state index contributed by atoms with van der Waals surface area (Å²) >= 11 is 6.39. The van der Waals surface area contributed by atoms with E-state index in [0.717, 1.165) is 21.1 Å². The molecule has 0 spiro atoms. The SMILES string of the molecule is Cc1sc(CC(N)=S)nc1-c1cccc(F)c1. The summed E-state index contributed by atoms with van der Waals surface area (Å²) in [5.74, 6) is -0.259. The van der Waals surface area contributed by atoms with E-state index >= 15 is 0 Å². The molecule has 0 aliphatic rings. The first-order valence-electron chi connectivity index (χ1n) is 5.07. The number of hydrogen-bond donors (Lipinski definition) is 1. The number of aryl methyl sites for hydroxylation is 1. The van der Waals surface area contributed by atoms with E-state index in [1.165, 1.54) is 12.1 Å². The minimum Gasteiger partial charge on any atom is -0.393 e. The topological polar surface area (TPSA) is 38.9 Å². The number of thiazole rings is 1. The lowest BCUT2D eigenvalue weighted by Crippen LogP contribution is -2.10. The third-order valence-electron chi connectivity index (χ3n) is 2.26. The summed E-state index contributed by atoms with van der Waals surface area (Å²) in [4.78, 5) is 5.91. The molecule has 0 saturated heterocycles. The van der Waals surface area contributed by atoms with Gasteiger partial charge in [0.15, 0.2) is 0 Å². The standard InChI is InChI=1S/C12H11FN2S2/c1-7-12(8-3-2-4-9(13)5-8)15-11(17-7)6-10(14)16/h2-5H,6H2,1H3,(H2,14,16). The van der Waals surface area contributed by atoms with E-state index in [2.05, 4.69) is 4.98 Å². The molecule has 1 heterocycles. The summed E-state index contributed by atoms with van der Waals surface area (Å²) in [6, 6.07) is 6.42. The molecule has 5 heteroatoms. The van der Waals surface area contributed by atoms with Crippen molar-refractivity contribution in [2.75, 3.05) is 0 Å². The Morgan fingerprint density at radius 1 is 1.53 bits per heavy atom. The van der Waals surface area contributed by atoms with Gasteiger partial charge >= 0.3 is 0 Å². The van der Waals surface area contributed by atoms with Crippen molar-refractivity contribution in [1.82, 2.24) is 4.98 Å². The fourth-order valence-electron chi connectivity index (χ4n) is 1.58. The van der Waals surface area contributed by atoms with Crippen LogP contribution in [-0.4, -0.2) is 9.97 Å². The fraction of sp³-hybridized carbons (Fsp3) is 0.167. The number of hydrogen-bond acceptors (Lipinski definition) is 3. The highest BCUT2D eigenvalue weighted by atomic mass is 32.1. The van der Waals surface area contributed by atoms with Gasteiger partial charge in [-0.25, -0.2) is 9.37 Å². The van der Waals surface area contributed by atoms with Crippen LogP contribution in [0.3, 0.4) is 0 Å². The predicted octanol–water partition coefficient (Wildman–Crippen LogP) is 3.09. The van der Waals surface area contributed by atoms with Crippen LogP contribution >= 0.6 is 23.6 Å². The molecule has 0 unspecified atom stereocenters. The van der Waals surface area contributed by atoms with Gasteiger partial charge < -0.3 is 5.73 Å². The molecular weight excluding hydrogens is 255 g/mol. The van der Waals surface area contributed by atoms with Crippen LogP contribution in [-0.2, 0) is 6.42 Å². The molecule has 2 nitrogen and oxygen atoms in total. The van der Waals surface area contributed by atoms with E-state index in [-0.39, 0.29) is 5.82 Å². The molecule has 0 aliphatic heterocycles. The Balaban J connectivity index is 2.39. The number of halogens is 1. The van der Waals surface area contributed by atoms with Crippen molar-refractivity contribution < 1.29 is 4.39 Å². The van der Waals surface area contributed by atoms with Gasteiger partial charge in [0.1, 0.15) is 10.8 Å². The van der Waals surface area contributed by atoms with E-state index in [4.69, 9.17) is 18.0 Å². The van der Waals surface area contributed by atoms with Crippen LogP contribution in [0.2, 0.25) is 0 Å². The zero-order valence-corrected chi connectivity index (χ0v) is 10.9. The number of nitrogens with zero attached hydrogens (tertiary/aromatic N) is 1. The highest BCUT2D eigenvalue weighted by molar-refractivity contribution is 7.80. The van der Waals surface area contributed by atoms with Gasteiger partial charge in [-0.1, -0.05) is 24.4 Å². The number of aromatic nitrogens is 1. The smallest absolute Gasteiger partial charge is 0.123 e. The van der Waals surface area contributed by atoms with Gasteiger partial charge in [0.25, 0.3) is 0 Å². The van der Waals surface area contributed by atoms with Gasteiger partial charge in [-0.15, -0.1) is 11.3 Å². The van der Waals surface area contributed by atoms with Crippen molar-refractivity contribution in [1.29, 1.82) is 0 Å². The molecule has 17 heavy (non-hydrogen) atoms. The fourth-order valence-corrected chi connectivity index (χ4v) is 2.79. The molecule has 0 atom stereocenters. The number of nitrogens with two attached hydrogens (primary N) is 1. The lowest BCUT2D eigenvalue weighted by Gasteiger charge is -1.98. The lowest BCUT2D eigenvalue weighted by atomic mass is 10.1. The molecule has 0 fully saturated rings. The highest BCUT2D eigenvalue weighted by Crippen LogP contribution is 2.28. The summed E-state index contributed by atoms with van der Waals surface area (Å²) in [5.41, 5.74) is 7.08. The maximum Gasteiger partial charge on any atom is 0.123 e. The molecule has 0 saturated carbocycles. The predicted molar refractivity (Wildman–Crippen MR) is 72.7 cm³/mol. The summed E-state index contributed by atoms with van der Waals surface area (Å²) in [6.45, 7) is 1.96. The monoisotopic (exact) mass is 266 g/mol. The summed E-state index contributed by atoms with van der Waals surface area (Å²) in [6.07, 6.45) is 0.496. The highest BCUT2D eigenvalue weighted by Gasteiger charge is 2.10. The molecule has 1 aromatic heterocycles. The Morgan fingerprint density at radius 3 is 2.94 bits per heavy atom. The Hall–Kier alpha value is -1.33. The van der Waals surface area contributed by atoms with Crippen LogP contribution in [0, 0.1) is 12.7 Å². The van der Waals surface area contributed by atoms with Gasteiger partial charge in [0.2, 0.25) is 0 Å². The quantitative estimate of drug-likeness (QED) is 0.868. The van der Waals surface area contributed by atoms with Crippen molar-refractivity contribution in [2.24, 2.45) is 5.73 Å². The van der Waals surface area contributed by atoms with Crippen molar-refractivity contribution in [3.05, 3.63) is 40.0 Å². The maximum absolute atomic E-state index is 13.1. The van der Waals surface area contributed by atoms with Crippen LogP contribution < -0.4 is 5.73 Å². The first kappa shape index (κ1) is 12.1. The second kappa shape index (κ2) is 4.89. The average molecular weight is 266 g/mol.